The van der Waals surface area contributed by atoms with Gasteiger partial charge < -0.3 is 14.8 Å². The van der Waals surface area contributed by atoms with Crippen LogP contribution in [-0.2, 0) is 11.3 Å². The van der Waals surface area contributed by atoms with E-state index in [1.807, 2.05) is 18.2 Å². The summed E-state index contributed by atoms with van der Waals surface area (Å²) in [6, 6.07) is 13.8. The van der Waals surface area contributed by atoms with E-state index in [1.165, 1.54) is 24.5 Å². The zero-order valence-corrected chi connectivity index (χ0v) is 18.1. The SMILES string of the molecule is COc1ccc(-c2ccc(=O)n(CC(=O)Nc3nc(-c4ccccn4)cs3)n2)cc1OC. The van der Waals surface area contributed by atoms with Crippen LogP contribution >= 0.6 is 11.3 Å². The van der Waals surface area contributed by atoms with E-state index in [4.69, 9.17) is 9.47 Å². The number of carbonyl (C=O) groups is 1. The highest BCUT2D eigenvalue weighted by molar-refractivity contribution is 7.14. The van der Waals surface area contributed by atoms with Crippen molar-refractivity contribution >= 4 is 22.4 Å². The third-order valence-electron chi connectivity index (χ3n) is 4.52. The first kappa shape index (κ1) is 21.2. The molecule has 0 unspecified atom stereocenters. The van der Waals surface area contributed by atoms with E-state index in [9.17, 15) is 9.59 Å². The summed E-state index contributed by atoms with van der Waals surface area (Å²) < 4.78 is 11.7. The van der Waals surface area contributed by atoms with Crippen molar-refractivity contribution in [1.29, 1.82) is 0 Å². The van der Waals surface area contributed by atoms with Crippen molar-refractivity contribution in [3.05, 3.63) is 70.5 Å². The molecule has 32 heavy (non-hydrogen) atoms. The molecule has 0 fully saturated rings. The lowest BCUT2D eigenvalue weighted by Gasteiger charge is -2.10. The predicted molar refractivity (Wildman–Crippen MR) is 121 cm³/mol. The van der Waals surface area contributed by atoms with Crippen molar-refractivity contribution in [1.82, 2.24) is 19.7 Å². The molecule has 4 aromatic rings. The minimum atomic E-state index is -0.411. The van der Waals surface area contributed by atoms with Crippen LogP contribution in [0.25, 0.3) is 22.6 Å². The highest BCUT2D eigenvalue weighted by Gasteiger charge is 2.13. The van der Waals surface area contributed by atoms with Gasteiger partial charge in [-0.05, 0) is 36.4 Å². The minimum Gasteiger partial charge on any atom is -0.493 e. The first-order valence-electron chi connectivity index (χ1n) is 9.54. The summed E-state index contributed by atoms with van der Waals surface area (Å²) in [4.78, 5) is 33.4. The van der Waals surface area contributed by atoms with Gasteiger partial charge in [0.15, 0.2) is 16.6 Å². The fourth-order valence-electron chi connectivity index (χ4n) is 2.97. The molecule has 10 heteroatoms. The molecule has 0 aliphatic rings. The number of hydrogen-bond acceptors (Lipinski definition) is 8. The fraction of sp³-hybridized carbons (Fsp3) is 0.136. The summed E-state index contributed by atoms with van der Waals surface area (Å²) in [5.41, 5.74) is 2.22. The number of nitrogens with one attached hydrogen (secondary N) is 1. The molecule has 0 bridgehead atoms. The molecule has 0 atom stereocenters. The fourth-order valence-corrected chi connectivity index (χ4v) is 3.69. The standard InChI is InChI=1S/C22H19N5O4S/c1-30-18-8-6-14(11-19(18)31-2)15-7-9-21(29)27(26-15)12-20(28)25-22-24-17(13-32-22)16-5-3-4-10-23-16/h3-11,13H,12H2,1-2H3,(H,24,25,28). The van der Waals surface area contributed by atoms with Crippen molar-refractivity contribution in [3.63, 3.8) is 0 Å². The van der Waals surface area contributed by atoms with Crippen molar-refractivity contribution < 1.29 is 14.3 Å². The second-order valence-electron chi connectivity index (χ2n) is 6.59. The number of pyridine rings is 1. The Bertz CT molecular complexity index is 1300. The molecule has 0 spiro atoms. The number of carbonyl (C=O) groups excluding carboxylic acids is 1. The Morgan fingerprint density at radius 3 is 2.62 bits per heavy atom. The van der Waals surface area contributed by atoms with Gasteiger partial charge in [-0.3, -0.25) is 14.6 Å². The summed E-state index contributed by atoms with van der Waals surface area (Å²) in [6.07, 6.45) is 1.68. The number of ether oxygens (including phenoxy) is 2. The van der Waals surface area contributed by atoms with Crippen LogP contribution in [0.2, 0.25) is 0 Å². The lowest BCUT2D eigenvalue weighted by atomic mass is 10.1. The van der Waals surface area contributed by atoms with Crippen molar-refractivity contribution in [2.45, 2.75) is 6.54 Å². The molecule has 9 nitrogen and oxygen atoms in total. The Kier molecular flexibility index (Phi) is 6.22. The third kappa shape index (κ3) is 4.65. The molecular weight excluding hydrogens is 430 g/mol. The van der Waals surface area contributed by atoms with Crippen LogP contribution in [0.4, 0.5) is 5.13 Å². The summed E-state index contributed by atoms with van der Waals surface area (Å²) >= 11 is 1.28. The number of aromatic nitrogens is 4. The second-order valence-corrected chi connectivity index (χ2v) is 7.44. The lowest BCUT2D eigenvalue weighted by Crippen LogP contribution is -2.29. The number of rotatable bonds is 7. The normalized spacial score (nSPS) is 10.6. The van der Waals surface area contributed by atoms with Gasteiger partial charge >= 0.3 is 0 Å². The Labute approximate surface area is 187 Å². The van der Waals surface area contributed by atoms with Gasteiger partial charge in [-0.25, -0.2) is 9.67 Å². The first-order chi connectivity index (χ1) is 15.6. The van der Waals surface area contributed by atoms with Crippen molar-refractivity contribution in [2.24, 2.45) is 0 Å². The minimum absolute atomic E-state index is 0.252. The zero-order valence-electron chi connectivity index (χ0n) is 17.3. The average molecular weight is 449 g/mol. The molecule has 1 N–H and O–H groups in total. The van der Waals surface area contributed by atoms with E-state index in [-0.39, 0.29) is 6.54 Å². The van der Waals surface area contributed by atoms with Crippen LogP contribution in [0.15, 0.2) is 64.9 Å². The van der Waals surface area contributed by atoms with Crippen LogP contribution < -0.4 is 20.3 Å². The number of nitrogens with zero attached hydrogens (tertiary/aromatic N) is 4. The smallest absolute Gasteiger partial charge is 0.267 e. The van der Waals surface area contributed by atoms with E-state index in [1.54, 1.807) is 43.0 Å². The van der Waals surface area contributed by atoms with Crippen molar-refractivity contribution in [3.8, 4) is 34.1 Å². The Balaban J connectivity index is 1.51. The van der Waals surface area contributed by atoms with Gasteiger partial charge in [0, 0.05) is 23.2 Å². The van der Waals surface area contributed by atoms with E-state index >= 15 is 0 Å². The van der Waals surface area contributed by atoms with Gasteiger partial charge in [0.1, 0.15) is 12.2 Å². The molecular formula is C22H19N5O4S. The largest absolute Gasteiger partial charge is 0.493 e. The number of hydrogen-bond donors (Lipinski definition) is 1. The molecule has 1 amide bonds. The first-order valence-corrected chi connectivity index (χ1v) is 10.4. The molecule has 0 saturated heterocycles. The van der Waals surface area contributed by atoms with Gasteiger partial charge in [0.25, 0.3) is 5.56 Å². The average Bonchev–Trinajstić information content (AvgIpc) is 3.29. The molecule has 3 aromatic heterocycles. The number of anilines is 1. The van der Waals surface area contributed by atoms with Crippen LogP contribution in [0.1, 0.15) is 0 Å². The van der Waals surface area contributed by atoms with E-state index in [2.05, 4.69) is 20.4 Å². The Morgan fingerprint density at radius 2 is 1.88 bits per heavy atom. The summed E-state index contributed by atoms with van der Waals surface area (Å²) in [7, 11) is 3.09. The van der Waals surface area contributed by atoms with Gasteiger partial charge in [-0.2, -0.15) is 5.10 Å². The molecule has 0 aliphatic heterocycles. The molecule has 162 valence electrons. The third-order valence-corrected chi connectivity index (χ3v) is 5.27. The number of amides is 1. The van der Waals surface area contributed by atoms with Gasteiger partial charge in [-0.15, -0.1) is 11.3 Å². The lowest BCUT2D eigenvalue weighted by molar-refractivity contribution is -0.117. The van der Waals surface area contributed by atoms with E-state index in [0.717, 1.165) is 10.2 Å². The van der Waals surface area contributed by atoms with Crippen molar-refractivity contribution in [2.75, 3.05) is 19.5 Å². The van der Waals surface area contributed by atoms with E-state index in [0.29, 0.717) is 33.7 Å². The summed E-state index contributed by atoms with van der Waals surface area (Å²) in [5.74, 6) is 0.707. The Morgan fingerprint density at radius 1 is 1.03 bits per heavy atom. The molecule has 4 rings (SSSR count). The Hall–Kier alpha value is -4.05. The van der Waals surface area contributed by atoms with E-state index < -0.39 is 11.5 Å². The predicted octanol–water partition coefficient (Wildman–Crippen LogP) is 3.08. The van der Waals surface area contributed by atoms with Gasteiger partial charge in [0.2, 0.25) is 5.91 Å². The molecule has 0 saturated carbocycles. The van der Waals surface area contributed by atoms with Gasteiger partial charge in [-0.1, -0.05) is 6.07 Å². The zero-order chi connectivity index (χ0) is 22.5. The van der Waals surface area contributed by atoms with Crippen LogP contribution in [0, 0.1) is 0 Å². The number of benzene rings is 1. The highest BCUT2D eigenvalue weighted by atomic mass is 32.1. The second kappa shape index (κ2) is 9.40. The quantitative estimate of drug-likeness (QED) is 0.462. The maximum absolute atomic E-state index is 12.5. The highest BCUT2D eigenvalue weighted by Crippen LogP contribution is 2.31. The topological polar surface area (TPSA) is 108 Å². The number of thiazole rings is 1. The molecule has 3 heterocycles. The maximum atomic E-state index is 12.5. The van der Waals surface area contributed by atoms with Crippen LogP contribution in [0.3, 0.4) is 0 Å². The monoisotopic (exact) mass is 449 g/mol. The summed E-state index contributed by atoms with van der Waals surface area (Å²) in [6.45, 7) is -0.252. The molecule has 1 aromatic carbocycles. The maximum Gasteiger partial charge on any atom is 0.267 e. The molecule has 0 aliphatic carbocycles. The number of methoxy groups -OCH3 is 2. The molecule has 0 radical (unpaired) electrons. The van der Waals surface area contributed by atoms with Crippen LogP contribution in [-0.4, -0.2) is 39.9 Å². The van der Waals surface area contributed by atoms with Crippen LogP contribution in [0.5, 0.6) is 11.5 Å². The summed E-state index contributed by atoms with van der Waals surface area (Å²) in [5, 5.41) is 9.25. The van der Waals surface area contributed by atoms with Gasteiger partial charge in [0.05, 0.1) is 25.6 Å².